The molecule has 2 rings (SSSR count). The van der Waals surface area contributed by atoms with Crippen LogP contribution in [0.3, 0.4) is 0 Å². The predicted octanol–water partition coefficient (Wildman–Crippen LogP) is 1.25. The summed E-state index contributed by atoms with van der Waals surface area (Å²) < 4.78 is 4.69. The molecule has 0 aliphatic heterocycles. The van der Waals surface area contributed by atoms with Gasteiger partial charge in [0.15, 0.2) is 5.78 Å². The number of carbonyl (C=O) groups excluding carboxylic acids is 2. The minimum absolute atomic E-state index is 0.0985. The van der Waals surface area contributed by atoms with Crippen LogP contribution in [0, 0.1) is 0 Å². The summed E-state index contributed by atoms with van der Waals surface area (Å²) in [5.41, 5.74) is 1.40. The summed E-state index contributed by atoms with van der Waals surface area (Å²) in [5.74, 6) is -0.446. The Morgan fingerprint density at radius 3 is 3.07 bits per heavy atom. The smallest absolute Gasteiger partial charge is 0.313 e. The first-order valence-electron chi connectivity index (χ1n) is 4.51. The molecule has 0 fully saturated rings. The zero-order valence-corrected chi connectivity index (χ0v) is 7.87. The summed E-state index contributed by atoms with van der Waals surface area (Å²) in [5, 5.41) is 0. The number of hydrogen-bond acceptors (Lipinski definition) is 3. The Kier molecular flexibility index (Phi) is 2.11. The Labute approximate surface area is 81.3 Å². The highest BCUT2D eigenvalue weighted by molar-refractivity contribution is 6.01. The molecule has 4 heteroatoms. The van der Waals surface area contributed by atoms with Crippen molar-refractivity contribution in [3.8, 4) is 0 Å². The van der Waals surface area contributed by atoms with Crippen LogP contribution in [-0.2, 0) is 9.53 Å². The highest BCUT2D eigenvalue weighted by Gasteiger charge is 2.31. The van der Waals surface area contributed by atoms with E-state index in [-0.39, 0.29) is 17.7 Å². The minimum atomic E-state index is -0.279. The number of rotatable bonds is 1. The fourth-order valence-corrected chi connectivity index (χ4v) is 1.86. The van der Waals surface area contributed by atoms with Crippen molar-refractivity contribution in [2.75, 3.05) is 7.11 Å². The largest absolute Gasteiger partial charge is 0.469 e. The van der Waals surface area contributed by atoms with Crippen molar-refractivity contribution >= 4 is 11.8 Å². The molecular weight excluding hydrogens is 182 g/mol. The number of H-pyrrole nitrogens is 1. The van der Waals surface area contributed by atoms with Gasteiger partial charge in [-0.2, -0.15) is 0 Å². The second-order valence-electron chi connectivity index (χ2n) is 3.36. The molecule has 0 saturated heterocycles. The van der Waals surface area contributed by atoms with Gasteiger partial charge in [-0.3, -0.25) is 9.59 Å². The summed E-state index contributed by atoms with van der Waals surface area (Å²) in [6, 6.07) is 0. The van der Waals surface area contributed by atoms with Crippen LogP contribution < -0.4 is 0 Å². The first-order valence-corrected chi connectivity index (χ1v) is 4.51. The van der Waals surface area contributed by atoms with Crippen LogP contribution in [0.4, 0.5) is 0 Å². The van der Waals surface area contributed by atoms with E-state index < -0.39 is 0 Å². The Hall–Kier alpha value is -1.58. The van der Waals surface area contributed by atoms with E-state index in [2.05, 4.69) is 9.72 Å². The van der Waals surface area contributed by atoms with E-state index in [0.717, 1.165) is 5.56 Å². The van der Waals surface area contributed by atoms with Gasteiger partial charge < -0.3 is 9.72 Å². The van der Waals surface area contributed by atoms with Crippen molar-refractivity contribution in [2.45, 2.75) is 18.8 Å². The average molecular weight is 193 g/mol. The average Bonchev–Trinajstić information content (AvgIpc) is 2.67. The molecule has 0 aromatic carbocycles. The number of aromatic nitrogens is 1. The summed E-state index contributed by atoms with van der Waals surface area (Å²) in [6.07, 6.45) is 4.32. The van der Waals surface area contributed by atoms with E-state index >= 15 is 0 Å². The molecule has 1 aromatic rings. The van der Waals surface area contributed by atoms with Crippen LogP contribution in [-0.4, -0.2) is 23.8 Å². The normalized spacial score (nSPS) is 20.4. The SMILES string of the molecule is COC(=O)C1CCC(=O)c2c[nH]cc21. The zero-order chi connectivity index (χ0) is 10.1. The van der Waals surface area contributed by atoms with Gasteiger partial charge in [0.1, 0.15) is 0 Å². The van der Waals surface area contributed by atoms with Crippen LogP contribution in [0.25, 0.3) is 0 Å². The molecule has 14 heavy (non-hydrogen) atoms. The van der Waals surface area contributed by atoms with Crippen molar-refractivity contribution in [1.29, 1.82) is 0 Å². The van der Waals surface area contributed by atoms with Crippen molar-refractivity contribution < 1.29 is 14.3 Å². The van der Waals surface area contributed by atoms with E-state index in [0.29, 0.717) is 18.4 Å². The molecule has 4 nitrogen and oxygen atoms in total. The number of nitrogens with one attached hydrogen (secondary N) is 1. The molecule has 0 amide bonds. The quantitative estimate of drug-likeness (QED) is 0.683. The lowest BCUT2D eigenvalue weighted by Gasteiger charge is -2.18. The lowest BCUT2D eigenvalue weighted by molar-refractivity contribution is -0.142. The molecule has 1 atom stereocenters. The van der Waals surface area contributed by atoms with Crippen LogP contribution >= 0.6 is 0 Å². The third kappa shape index (κ3) is 1.23. The van der Waals surface area contributed by atoms with Gasteiger partial charge in [-0.05, 0) is 12.0 Å². The van der Waals surface area contributed by atoms with Crippen molar-refractivity contribution in [3.63, 3.8) is 0 Å². The molecule has 74 valence electrons. The predicted molar refractivity (Wildman–Crippen MR) is 49.1 cm³/mol. The number of hydrogen-bond donors (Lipinski definition) is 1. The van der Waals surface area contributed by atoms with E-state index in [4.69, 9.17) is 0 Å². The molecule has 1 unspecified atom stereocenters. The number of carbonyl (C=O) groups is 2. The van der Waals surface area contributed by atoms with E-state index in [9.17, 15) is 9.59 Å². The number of ether oxygens (including phenoxy) is 1. The Morgan fingerprint density at radius 1 is 1.57 bits per heavy atom. The van der Waals surface area contributed by atoms with E-state index in [1.54, 1.807) is 12.4 Å². The Balaban J connectivity index is 2.38. The second-order valence-corrected chi connectivity index (χ2v) is 3.36. The third-order valence-electron chi connectivity index (χ3n) is 2.60. The third-order valence-corrected chi connectivity index (χ3v) is 2.60. The first-order chi connectivity index (χ1) is 6.74. The highest BCUT2D eigenvalue weighted by atomic mass is 16.5. The van der Waals surface area contributed by atoms with Gasteiger partial charge in [0.05, 0.1) is 13.0 Å². The summed E-state index contributed by atoms with van der Waals surface area (Å²) >= 11 is 0. The van der Waals surface area contributed by atoms with Crippen molar-refractivity contribution in [2.24, 2.45) is 0 Å². The maximum Gasteiger partial charge on any atom is 0.313 e. The topological polar surface area (TPSA) is 59.2 Å². The number of ketones is 1. The molecule has 0 saturated carbocycles. The van der Waals surface area contributed by atoms with Crippen LogP contribution in [0.15, 0.2) is 12.4 Å². The summed E-state index contributed by atoms with van der Waals surface area (Å²) in [4.78, 5) is 25.7. The summed E-state index contributed by atoms with van der Waals surface area (Å²) in [6.45, 7) is 0. The minimum Gasteiger partial charge on any atom is -0.469 e. The van der Waals surface area contributed by atoms with E-state index in [1.165, 1.54) is 7.11 Å². The molecular formula is C10H11NO3. The first kappa shape index (κ1) is 8.99. The van der Waals surface area contributed by atoms with E-state index in [1.807, 2.05) is 0 Å². The lowest BCUT2D eigenvalue weighted by atomic mass is 9.85. The maximum atomic E-state index is 11.4. The molecule has 1 aromatic heterocycles. The van der Waals surface area contributed by atoms with Gasteiger partial charge >= 0.3 is 5.97 Å². The number of esters is 1. The second kappa shape index (κ2) is 3.29. The highest BCUT2D eigenvalue weighted by Crippen LogP contribution is 2.31. The Bertz CT molecular complexity index is 380. The van der Waals surface area contributed by atoms with Crippen molar-refractivity contribution in [3.05, 3.63) is 23.5 Å². The van der Waals surface area contributed by atoms with Gasteiger partial charge in [-0.1, -0.05) is 0 Å². The molecule has 0 radical (unpaired) electrons. The number of aromatic amines is 1. The van der Waals surface area contributed by atoms with Gasteiger partial charge in [0.25, 0.3) is 0 Å². The zero-order valence-electron chi connectivity index (χ0n) is 7.87. The molecule has 1 N–H and O–H groups in total. The molecule has 0 bridgehead atoms. The molecule has 1 aliphatic carbocycles. The van der Waals surface area contributed by atoms with Crippen LogP contribution in [0.1, 0.15) is 34.7 Å². The number of Topliss-reactive ketones (excluding diaryl/α,β-unsaturated/α-hetero) is 1. The fraction of sp³-hybridized carbons (Fsp3) is 0.400. The summed E-state index contributed by atoms with van der Waals surface area (Å²) in [7, 11) is 1.37. The maximum absolute atomic E-state index is 11.4. The Morgan fingerprint density at radius 2 is 2.36 bits per heavy atom. The fourth-order valence-electron chi connectivity index (χ4n) is 1.86. The molecule has 0 spiro atoms. The van der Waals surface area contributed by atoms with Crippen molar-refractivity contribution in [1.82, 2.24) is 4.98 Å². The van der Waals surface area contributed by atoms with Gasteiger partial charge in [0, 0.05) is 24.4 Å². The lowest BCUT2D eigenvalue weighted by Crippen LogP contribution is -2.21. The van der Waals surface area contributed by atoms with Crippen LogP contribution in [0.5, 0.6) is 0 Å². The van der Waals surface area contributed by atoms with Gasteiger partial charge in [-0.15, -0.1) is 0 Å². The molecule has 1 heterocycles. The number of methoxy groups -OCH3 is 1. The van der Waals surface area contributed by atoms with Crippen LogP contribution in [0.2, 0.25) is 0 Å². The standard InChI is InChI=1S/C10H11NO3/c1-14-10(13)6-2-3-9(12)8-5-11-4-7(6)8/h4-6,11H,2-3H2,1H3. The van der Waals surface area contributed by atoms with Gasteiger partial charge in [0.2, 0.25) is 0 Å². The van der Waals surface area contributed by atoms with Gasteiger partial charge in [-0.25, -0.2) is 0 Å². The molecule has 1 aliphatic rings. The monoisotopic (exact) mass is 193 g/mol. The number of fused-ring (bicyclic) bond motifs is 1.